The second kappa shape index (κ2) is 3.19. The molecule has 0 atom stereocenters. The third kappa shape index (κ3) is 1.87. The lowest BCUT2D eigenvalue weighted by Crippen LogP contribution is -2.14. The Morgan fingerprint density at radius 2 is 2.25 bits per heavy atom. The van der Waals surface area contributed by atoms with Gasteiger partial charge in [-0.3, -0.25) is 0 Å². The molecule has 1 aromatic rings. The molecular weight excluding hydrogens is 166 g/mol. The minimum atomic E-state index is 0.827. The molecule has 2 rings (SSSR count). The Kier molecular flexibility index (Phi) is 2.20. The summed E-state index contributed by atoms with van der Waals surface area (Å²) in [5, 5.41) is 3.52. The van der Waals surface area contributed by atoms with Crippen molar-refractivity contribution >= 4 is 11.3 Å². The third-order valence-electron chi connectivity index (χ3n) is 2.36. The van der Waals surface area contributed by atoms with E-state index < -0.39 is 0 Å². The summed E-state index contributed by atoms with van der Waals surface area (Å²) in [6.45, 7) is 5.46. The molecule has 0 spiro atoms. The Balaban J connectivity index is 1.93. The molecule has 66 valence electrons. The second-order valence-corrected chi connectivity index (χ2v) is 4.95. The molecule has 1 heterocycles. The fourth-order valence-electron chi connectivity index (χ4n) is 1.27. The Labute approximate surface area is 77.8 Å². The van der Waals surface area contributed by atoms with Gasteiger partial charge in [-0.2, -0.15) is 0 Å². The van der Waals surface area contributed by atoms with Crippen LogP contribution in [0.15, 0.2) is 6.07 Å². The highest BCUT2D eigenvalue weighted by molar-refractivity contribution is 7.12. The summed E-state index contributed by atoms with van der Waals surface area (Å²) in [5.41, 5.74) is 1.44. The summed E-state index contributed by atoms with van der Waals surface area (Å²) < 4.78 is 0. The van der Waals surface area contributed by atoms with Crippen LogP contribution in [0.5, 0.6) is 0 Å². The first kappa shape index (κ1) is 8.27. The van der Waals surface area contributed by atoms with E-state index in [1.165, 1.54) is 28.2 Å². The van der Waals surface area contributed by atoms with Crippen LogP contribution in [0, 0.1) is 13.8 Å². The van der Waals surface area contributed by atoms with E-state index in [1.807, 2.05) is 11.3 Å². The quantitative estimate of drug-likeness (QED) is 0.756. The lowest BCUT2D eigenvalue weighted by atomic mass is 10.3. The summed E-state index contributed by atoms with van der Waals surface area (Å²) in [7, 11) is 0. The highest BCUT2D eigenvalue weighted by Crippen LogP contribution is 2.23. The zero-order valence-corrected chi connectivity index (χ0v) is 8.50. The van der Waals surface area contributed by atoms with Crippen LogP contribution in [0.2, 0.25) is 0 Å². The average Bonchev–Trinajstić information content (AvgIpc) is 2.78. The molecule has 1 nitrogen and oxygen atoms in total. The van der Waals surface area contributed by atoms with E-state index in [4.69, 9.17) is 0 Å². The first-order valence-electron chi connectivity index (χ1n) is 4.55. The molecule has 0 bridgehead atoms. The van der Waals surface area contributed by atoms with Gasteiger partial charge in [0.1, 0.15) is 0 Å². The lowest BCUT2D eigenvalue weighted by Gasteiger charge is -1.97. The highest BCUT2D eigenvalue weighted by atomic mass is 32.1. The summed E-state index contributed by atoms with van der Waals surface area (Å²) in [5.74, 6) is 0. The largest absolute Gasteiger partial charge is 0.309 e. The number of thiophene rings is 1. The van der Waals surface area contributed by atoms with Crippen molar-refractivity contribution in [1.82, 2.24) is 5.32 Å². The van der Waals surface area contributed by atoms with Gasteiger partial charge >= 0.3 is 0 Å². The normalized spacial score (nSPS) is 16.8. The van der Waals surface area contributed by atoms with Crippen LogP contribution in [-0.2, 0) is 6.54 Å². The Morgan fingerprint density at radius 3 is 2.75 bits per heavy atom. The zero-order valence-electron chi connectivity index (χ0n) is 7.68. The molecule has 0 unspecified atom stereocenters. The van der Waals surface area contributed by atoms with Crippen molar-refractivity contribution in [1.29, 1.82) is 0 Å². The molecule has 1 aromatic heterocycles. The maximum Gasteiger partial charge on any atom is 0.0302 e. The summed E-state index contributed by atoms with van der Waals surface area (Å²) in [6, 6.07) is 3.13. The minimum Gasteiger partial charge on any atom is -0.309 e. The van der Waals surface area contributed by atoms with Crippen LogP contribution in [0.4, 0.5) is 0 Å². The molecular formula is C10H15NS. The van der Waals surface area contributed by atoms with Crippen molar-refractivity contribution < 1.29 is 0 Å². The smallest absolute Gasteiger partial charge is 0.0302 e. The van der Waals surface area contributed by atoms with Gasteiger partial charge in [0.25, 0.3) is 0 Å². The monoisotopic (exact) mass is 181 g/mol. The van der Waals surface area contributed by atoms with Gasteiger partial charge in [-0.05, 0) is 38.3 Å². The SMILES string of the molecule is Cc1cc(CNC2CC2)sc1C. The van der Waals surface area contributed by atoms with E-state index in [0.717, 1.165) is 12.6 Å². The van der Waals surface area contributed by atoms with Gasteiger partial charge in [-0.1, -0.05) is 0 Å². The number of hydrogen-bond acceptors (Lipinski definition) is 2. The molecule has 0 saturated heterocycles. The van der Waals surface area contributed by atoms with E-state index in [1.54, 1.807) is 0 Å². The summed E-state index contributed by atoms with van der Waals surface area (Å²) >= 11 is 1.92. The number of aryl methyl sites for hydroxylation is 2. The van der Waals surface area contributed by atoms with Crippen LogP contribution in [0.3, 0.4) is 0 Å². The average molecular weight is 181 g/mol. The maximum atomic E-state index is 3.52. The van der Waals surface area contributed by atoms with Crippen LogP contribution in [-0.4, -0.2) is 6.04 Å². The molecule has 1 aliphatic carbocycles. The topological polar surface area (TPSA) is 12.0 Å². The van der Waals surface area contributed by atoms with E-state index in [9.17, 15) is 0 Å². The van der Waals surface area contributed by atoms with Gasteiger partial charge < -0.3 is 5.32 Å². The zero-order chi connectivity index (χ0) is 8.55. The lowest BCUT2D eigenvalue weighted by molar-refractivity contribution is 0.695. The number of hydrogen-bond donors (Lipinski definition) is 1. The molecule has 1 aliphatic rings. The summed E-state index contributed by atoms with van der Waals surface area (Å²) in [4.78, 5) is 2.94. The maximum absolute atomic E-state index is 3.52. The Morgan fingerprint density at radius 1 is 1.50 bits per heavy atom. The number of nitrogens with one attached hydrogen (secondary N) is 1. The van der Waals surface area contributed by atoms with Crippen molar-refractivity contribution in [3.8, 4) is 0 Å². The van der Waals surface area contributed by atoms with E-state index in [0.29, 0.717) is 0 Å². The highest BCUT2D eigenvalue weighted by Gasteiger charge is 2.20. The van der Waals surface area contributed by atoms with Gasteiger partial charge in [0.05, 0.1) is 0 Å². The minimum absolute atomic E-state index is 0.827. The number of rotatable bonds is 3. The molecule has 1 saturated carbocycles. The molecule has 1 fully saturated rings. The van der Waals surface area contributed by atoms with Gasteiger partial charge in [0, 0.05) is 22.3 Å². The first-order chi connectivity index (χ1) is 5.75. The van der Waals surface area contributed by atoms with E-state index in [2.05, 4.69) is 25.2 Å². The van der Waals surface area contributed by atoms with Gasteiger partial charge in [0.15, 0.2) is 0 Å². The second-order valence-electron chi connectivity index (χ2n) is 3.61. The van der Waals surface area contributed by atoms with Crippen LogP contribution in [0.25, 0.3) is 0 Å². The molecule has 0 aliphatic heterocycles. The molecule has 0 amide bonds. The van der Waals surface area contributed by atoms with Crippen LogP contribution >= 0.6 is 11.3 Å². The van der Waals surface area contributed by atoms with Crippen molar-refractivity contribution in [2.24, 2.45) is 0 Å². The fourth-order valence-corrected chi connectivity index (χ4v) is 2.27. The van der Waals surface area contributed by atoms with Crippen molar-refractivity contribution in [3.63, 3.8) is 0 Å². The third-order valence-corrected chi connectivity index (χ3v) is 3.51. The molecule has 0 aromatic carbocycles. The Bertz CT molecular complexity index is 254. The van der Waals surface area contributed by atoms with Crippen molar-refractivity contribution in [3.05, 3.63) is 21.4 Å². The molecule has 2 heteroatoms. The Hall–Kier alpha value is -0.340. The predicted octanol–water partition coefficient (Wildman–Crippen LogP) is 2.62. The van der Waals surface area contributed by atoms with Gasteiger partial charge in [-0.25, -0.2) is 0 Å². The van der Waals surface area contributed by atoms with Crippen molar-refractivity contribution in [2.75, 3.05) is 0 Å². The standard InChI is InChI=1S/C10H15NS/c1-7-5-10(12-8(7)2)6-11-9-3-4-9/h5,9,11H,3-4,6H2,1-2H3. The van der Waals surface area contributed by atoms with E-state index in [-0.39, 0.29) is 0 Å². The summed E-state index contributed by atoms with van der Waals surface area (Å²) in [6.07, 6.45) is 2.76. The van der Waals surface area contributed by atoms with Crippen LogP contribution in [0.1, 0.15) is 28.2 Å². The van der Waals surface area contributed by atoms with Gasteiger partial charge in [-0.15, -0.1) is 11.3 Å². The first-order valence-corrected chi connectivity index (χ1v) is 5.36. The van der Waals surface area contributed by atoms with Crippen molar-refractivity contribution in [2.45, 2.75) is 39.3 Å². The molecule has 12 heavy (non-hydrogen) atoms. The van der Waals surface area contributed by atoms with Gasteiger partial charge in [0.2, 0.25) is 0 Å². The molecule has 1 N–H and O–H groups in total. The molecule has 0 radical (unpaired) electrons. The fraction of sp³-hybridized carbons (Fsp3) is 0.600. The predicted molar refractivity (Wildman–Crippen MR) is 53.7 cm³/mol. The van der Waals surface area contributed by atoms with E-state index >= 15 is 0 Å². The van der Waals surface area contributed by atoms with Crippen LogP contribution < -0.4 is 5.32 Å².